The van der Waals surface area contributed by atoms with Crippen molar-refractivity contribution in [2.24, 2.45) is 0 Å². The van der Waals surface area contributed by atoms with E-state index in [1.54, 1.807) is 0 Å². The number of fused-ring (bicyclic) bond motifs is 3. The van der Waals surface area contributed by atoms with E-state index < -0.39 is 0 Å². The van der Waals surface area contributed by atoms with Crippen molar-refractivity contribution in [3.8, 4) is 90.2 Å². The van der Waals surface area contributed by atoms with Crippen molar-refractivity contribution in [1.82, 2.24) is 14.5 Å². The minimum atomic E-state index is 0.559. The molecule has 0 aliphatic carbocycles. The molecule has 65 heavy (non-hydrogen) atoms. The number of rotatable bonds is 8. The Bertz CT molecular complexity index is 3390. The van der Waals surface area contributed by atoms with Gasteiger partial charge in [-0.2, -0.15) is 5.26 Å². The van der Waals surface area contributed by atoms with Crippen molar-refractivity contribution < 1.29 is 0 Å². The van der Waals surface area contributed by atoms with E-state index in [4.69, 9.17) is 16.5 Å². The second-order valence-electron chi connectivity index (χ2n) is 16.0. The zero-order valence-electron chi connectivity index (χ0n) is 35.1. The topological polar surface area (TPSA) is 58.9 Å². The molecule has 0 radical (unpaired) electrons. The van der Waals surface area contributed by atoms with Crippen molar-refractivity contribution in [2.45, 2.75) is 0 Å². The van der Waals surface area contributed by atoms with Crippen LogP contribution in [0.5, 0.6) is 0 Å². The first kappa shape index (κ1) is 38.7. The summed E-state index contributed by atoms with van der Waals surface area (Å²) in [5, 5.41) is 12.2. The van der Waals surface area contributed by atoms with E-state index in [9.17, 15) is 5.26 Å². The largest absolute Gasteiger partial charge is 0.308 e. The average Bonchev–Trinajstić information content (AvgIpc) is 3.71. The SMILES string of the molecule is [C-]#[N+]c1ccc(-c2cc(-c3nc(-c4ccccc4)cc(-c4ccccc4)n3)cc(-c3ccc(C#N)cc3)c2-n2c3ccc(-c4ccccc4)cc3c3cc(-c4ccccc4)ccc32)cc1. The van der Waals surface area contributed by atoms with Crippen LogP contribution in [0, 0.1) is 17.9 Å². The summed E-state index contributed by atoms with van der Waals surface area (Å²) in [5.41, 5.74) is 16.9. The maximum atomic E-state index is 9.93. The van der Waals surface area contributed by atoms with E-state index in [1.807, 2.05) is 97.1 Å². The van der Waals surface area contributed by atoms with Gasteiger partial charge >= 0.3 is 0 Å². The fourth-order valence-electron chi connectivity index (χ4n) is 8.86. The van der Waals surface area contributed by atoms with Gasteiger partial charge in [0.2, 0.25) is 0 Å². The van der Waals surface area contributed by atoms with Gasteiger partial charge < -0.3 is 4.57 Å². The quantitative estimate of drug-likeness (QED) is 0.143. The zero-order valence-corrected chi connectivity index (χ0v) is 35.1. The van der Waals surface area contributed by atoms with E-state index >= 15 is 0 Å². The number of hydrogen-bond acceptors (Lipinski definition) is 3. The molecule has 0 bridgehead atoms. The van der Waals surface area contributed by atoms with E-state index in [1.165, 1.54) is 0 Å². The summed E-state index contributed by atoms with van der Waals surface area (Å²) in [7, 11) is 0. The number of nitrogens with zero attached hydrogens (tertiary/aromatic N) is 5. The molecule has 0 aliphatic heterocycles. The second kappa shape index (κ2) is 16.6. The molecule has 0 amide bonds. The van der Waals surface area contributed by atoms with Gasteiger partial charge in [0.25, 0.3) is 0 Å². The molecule has 0 saturated heterocycles. The van der Waals surface area contributed by atoms with Gasteiger partial charge in [-0.1, -0.05) is 170 Å². The van der Waals surface area contributed by atoms with Gasteiger partial charge in [0, 0.05) is 38.6 Å². The molecule has 2 heterocycles. The summed E-state index contributed by atoms with van der Waals surface area (Å²) >= 11 is 0. The van der Waals surface area contributed by atoms with Crippen molar-refractivity contribution in [1.29, 1.82) is 5.26 Å². The number of hydrogen-bond donors (Lipinski definition) is 0. The molecule has 0 fully saturated rings. The van der Waals surface area contributed by atoms with Crippen molar-refractivity contribution >= 4 is 27.5 Å². The maximum Gasteiger partial charge on any atom is 0.187 e. The Hall–Kier alpha value is -9.16. The third kappa shape index (κ3) is 7.30. The lowest BCUT2D eigenvalue weighted by molar-refractivity contribution is 1.17. The minimum Gasteiger partial charge on any atom is -0.308 e. The third-order valence-corrected chi connectivity index (χ3v) is 12.1. The molecule has 0 N–H and O–H groups in total. The van der Waals surface area contributed by atoms with E-state index in [-0.39, 0.29) is 0 Å². The molecule has 0 unspecified atom stereocenters. The molecule has 2 aromatic heterocycles. The van der Waals surface area contributed by atoms with Crippen LogP contribution in [0.4, 0.5) is 5.69 Å². The van der Waals surface area contributed by atoms with Crippen LogP contribution >= 0.6 is 0 Å². The molecular weight excluding hydrogens is 791 g/mol. The van der Waals surface area contributed by atoms with E-state index in [0.717, 1.165) is 100 Å². The second-order valence-corrected chi connectivity index (χ2v) is 16.0. The molecule has 9 aromatic carbocycles. The minimum absolute atomic E-state index is 0.559. The van der Waals surface area contributed by atoms with Crippen LogP contribution in [0.2, 0.25) is 0 Å². The summed E-state index contributed by atoms with van der Waals surface area (Å²) < 4.78 is 2.39. The summed E-state index contributed by atoms with van der Waals surface area (Å²) in [4.78, 5) is 14.3. The van der Waals surface area contributed by atoms with Gasteiger partial charge in [-0.05, 0) is 88.0 Å². The first-order valence-electron chi connectivity index (χ1n) is 21.5. The van der Waals surface area contributed by atoms with Gasteiger partial charge in [0.05, 0.1) is 46.3 Å². The van der Waals surface area contributed by atoms with Crippen molar-refractivity contribution in [3.05, 3.63) is 241 Å². The van der Waals surface area contributed by atoms with Gasteiger partial charge in [0.15, 0.2) is 11.5 Å². The highest BCUT2D eigenvalue weighted by Gasteiger charge is 2.24. The first-order chi connectivity index (χ1) is 32.1. The van der Waals surface area contributed by atoms with Crippen LogP contribution in [0.15, 0.2) is 224 Å². The molecular formula is C60H37N5. The average molecular weight is 828 g/mol. The maximum absolute atomic E-state index is 9.93. The summed E-state index contributed by atoms with van der Waals surface area (Å²) in [6.45, 7) is 7.80. The number of nitriles is 1. The van der Waals surface area contributed by atoms with Crippen molar-refractivity contribution in [3.63, 3.8) is 0 Å². The van der Waals surface area contributed by atoms with Gasteiger partial charge in [-0.3, -0.25) is 0 Å². The molecule has 0 spiro atoms. The Morgan fingerprint density at radius 3 is 1.25 bits per heavy atom. The van der Waals surface area contributed by atoms with E-state index in [0.29, 0.717) is 17.1 Å². The van der Waals surface area contributed by atoms with Gasteiger partial charge in [0.1, 0.15) is 0 Å². The Morgan fingerprint density at radius 2 is 0.815 bits per heavy atom. The lowest BCUT2D eigenvalue weighted by Crippen LogP contribution is -2.03. The van der Waals surface area contributed by atoms with Crippen molar-refractivity contribution in [2.75, 3.05) is 0 Å². The van der Waals surface area contributed by atoms with Crippen LogP contribution in [-0.2, 0) is 0 Å². The van der Waals surface area contributed by atoms with Crippen LogP contribution in [0.25, 0.3) is 111 Å². The van der Waals surface area contributed by atoms with Gasteiger partial charge in [-0.25, -0.2) is 14.8 Å². The molecule has 11 aromatic rings. The normalized spacial score (nSPS) is 11.0. The predicted octanol–water partition coefficient (Wildman–Crippen LogP) is 15.7. The number of benzene rings is 9. The molecule has 0 atom stereocenters. The lowest BCUT2D eigenvalue weighted by Gasteiger charge is -2.21. The molecule has 11 rings (SSSR count). The van der Waals surface area contributed by atoms with Gasteiger partial charge in [-0.15, -0.1) is 0 Å². The predicted molar refractivity (Wildman–Crippen MR) is 265 cm³/mol. The van der Waals surface area contributed by atoms with Crippen LogP contribution < -0.4 is 0 Å². The molecule has 302 valence electrons. The van der Waals surface area contributed by atoms with Crippen LogP contribution in [0.1, 0.15) is 5.56 Å². The van der Waals surface area contributed by atoms with Crippen LogP contribution in [-0.4, -0.2) is 14.5 Å². The van der Waals surface area contributed by atoms with Crippen LogP contribution in [0.3, 0.4) is 0 Å². The summed E-state index contributed by atoms with van der Waals surface area (Å²) in [6, 6.07) is 79.4. The summed E-state index contributed by atoms with van der Waals surface area (Å²) in [5.74, 6) is 0.577. The Labute approximate surface area is 377 Å². The first-order valence-corrected chi connectivity index (χ1v) is 21.5. The fourth-order valence-corrected chi connectivity index (χ4v) is 8.86. The Kier molecular flexibility index (Phi) is 9.90. The highest BCUT2D eigenvalue weighted by molar-refractivity contribution is 6.13. The molecule has 5 heteroatoms. The fraction of sp³-hybridized carbons (Fsp3) is 0. The Balaban J connectivity index is 1.26. The highest BCUT2D eigenvalue weighted by Crippen LogP contribution is 2.45. The lowest BCUT2D eigenvalue weighted by atomic mass is 9.92. The molecule has 5 nitrogen and oxygen atoms in total. The van der Waals surface area contributed by atoms with E-state index in [2.05, 4.69) is 143 Å². The smallest absolute Gasteiger partial charge is 0.187 e. The number of aromatic nitrogens is 3. The monoisotopic (exact) mass is 827 g/mol. The highest BCUT2D eigenvalue weighted by atomic mass is 15.0. The standard InChI is InChI=1S/C60H37N5/c1-62-50-30-26-44(27-31-50)52-37-49(60-63-55(45-18-10-4-11-19-45)38-56(64-60)46-20-12-5-13-21-46)36-51(43-24-22-40(39-61)23-25-43)59(52)65-57-32-28-47(41-14-6-2-7-15-41)34-53(57)54-35-48(29-33-58(54)65)42-16-8-3-9-17-42/h2-38H. The Morgan fingerprint density at radius 1 is 0.400 bits per heavy atom. The molecule has 0 aliphatic rings. The summed E-state index contributed by atoms with van der Waals surface area (Å²) in [6.07, 6.45) is 0. The molecule has 0 saturated carbocycles. The third-order valence-electron chi connectivity index (χ3n) is 12.1. The zero-order chi connectivity index (χ0) is 43.7.